The zero-order valence-electron chi connectivity index (χ0n) is 10.5. The van der Waals surface area contributed by atoms with Crippen molar-refractivity contribution in [3.8, 4) is 0 Å². The molecule has 0 amide bonds. The Balaban J connectivity index is 1.92. The number of aromatic nitrogens is 3. The van der Waals surface area contributed by atoms with Crippen LogP contribution in [0.5, 0.6) is 0 Å². The molecule has 1 saturated heterocycles. The maximum atomic E-state index is 5.83. The number of fused-ring (bicyclic) bond motifs is 1. The van der Waals surface area contributed by atoms with Crippen LogP contribution in [-0.4, -0.2) is 33.6 Å². The van der Waals surface area contributed by atoms with Crippen molar-refractivity contribution in [2.75, 3.05) is 23.9 Å². The maximum Gasteiger partial charge on any atom is 0.157 e. The first-order valence-corrected chi connectivity index (χ1v) is 6.92. The van der Waals surface area contributed by atoms with Crippen LogP contribution in [0.1, 0.15) is 18.4 Å². The molecule has 0 N–H and O–H groups in total. The van der Waals surface area contributed by atoms with Crippen LogP contribution < -0.4 is 4.90 Å². The fraction of sp³-hybridized carbons (Fsp3) is 0.538. The lowest BCUT2D eigenvalue weighted by Gasteiger charge is -2.19. The number of halogens is 1. The largest absolute Gasteiger partial charge is 0.356 e. The van der Waals surface area contributed by atoms with E-state index in [9.17, 15) is 0 Å². The zero-order valence-corrected chi connectivity index (χ0v) is 11.3. The molecular formula is C13H17ClN4. The van der Waals surface area contributed by atoms with Crippen LogP contribution >= 0.6 is 11.6 Å². The van der Waals surface area contributed by atoms with Crippen molar-refractivity contribution in [2.24, 2.45) is 5.92 Å². The smallest absolute Gasteiger partial charge is 0.157 e. The van der Waals surface area contributed by atoms with Gasteiger partial charge in [0.15, 0.2) is 5.65 Å². The first-order valence-electron chi connectivity index (χ1n) is 6.39. The highest BCUT2D eigenvalue weighted by Crippen LogP contribution is 2.26. The van der Waals surface area contributed by atoms with Crippen molar-refractivity contribution in [1.82, 2.24) is 14.6 Å². The molecule has 0 radical (unpaired) electrons. The molecule has 0 saturated carbocycles. The highest BCUT2D eigenvalue weighted by molar-refractivity contribution is 6.17. The van der Waals surface area contributed by atoms with Crippen LogP contribution in [0.25, 0.3) is 5.65 Å². The molecule has 96 valence electrons. The van der Waals surface area contributed by atoms with Gasteiger partial charge in [0.05, 0.1) is 0 Å². The van der Waals surface area contributed by atoms with E-state index in [1.165, 1.54) is 12.0 Å². The molecule has 1 atom stereocenters. The molecule has 0 bridgehead atoms. The van der Waals surface area contributed by atoms with Gasteiger partial charge < -0.3 is 4.90 Å². The summed E-state index contributed by atoms with van der Waals surface area (Å²) >= 11 is 5.83. The lowest BCUT2D eigenvalue weighted by molar-refractivity contribution is 0.571. The van der Waals surface area contributed by atoms with Crippen LogP contribution in [0.15, 0.2) is 18.5 Å². The summed E-state index contributed by atoms with van der Waals surface area (Å²) in [6.07, 6.45) is 3.94. The first-order chi connectivity index (χ1) is 8.78. The van der Waals surface area contributed by atoms with E-state index >= 15 is 0 Å². The monoisotopic (exact) mass is 264 g/mol. The Hall–Kier alpha value is -1.29. The van der Waals surface area contributed by atoms with Crippen molar-refractivity contribution >= 4 is 23.1 Å². The second-order valence-electron chi connectivity index (χ2n) is 5.00. The molecule has 2 aromatic heterocycles. The van der Waals surface area contributed by atoms with Crippen molar-refractivity contribution in [1.29, 1.82) is 0 Å². The van der Waals surface area contributed by atoms with Gasteiger partial charge in [-0.15, -0.1) is 11.6 Å². The van der Waals surface area contributed by atoms with Crippen LogP contribution in [0.4, 0.5) is 5.82 Å². The molecule has 1 unspecified atom stereocenters. The molecule has 3 rings (SSSR count). The third-order valence-corrected chi connectivity index (χ3v) is 3.85. The van der Waals surface area contributed by atoms with Crippen LogP contribution in [0, 0.1) is 12.8 Å². The van der Waals surface area contributed by atoms with Crippen molar-refractivity contribution in [3.05, 3.63) is 24.0 Å². The molecule has 4 nitrogen and oxygen atoms in total. The number of hydrogen-bond acceptors (Lipinski definition) is 3. The molecule has 1 aliphatic rings. The maximum absolute atomic E-state index is 5.83. The summed E-state index contributed by atoms with van der Waals surface area (Å²) in [6.45, 7) is 4.26. The van der Waals surface area contributed by atoms with Gasteiger partial charge in [-0.1, -0.05) is 0 Å². The summed E-state index contributed by atoms with van der Waals surface area (Å²) in [6, 6.07) is 4.24. The van der Waals surface area contributed by atoms with Gasteiger partial charge in [-0.25, -0.2) is 4.98 Å². The Kier molecular flexibility index (Phi) is 3.12. The van der Waals surface area contributed by atoms with Gasteiger partial charge in [0.25, 0.3) is 0 Å². The second kappa shape index (κ2) is 4.76. The topological polar surface area (TPSA) is 33.4 Å². The highest BCUT2D eigenvalue weighted by Gasteiger charge is 2.24. The first kappa shape index (κ1) is 11.8. The molecule has 3 heterocycles. The minimum atomic E-state index is 0.710. The standard InChI is InChI=1S/C13H17ClN4/c1-10-6-12-15-9-16-18(12)13(7-10)17-5-3-11(8-17)2-4-14/h6-7,9,11H,2-5,8H2,1H3. The molecule has 0 spiro atoms. The van der Waals surface area contributed by atoms with Gasteiger partial charge in [0.2, 0.25) is 0 Å². The zero-order chi connectivity index (χ0) is 12.5. The van der Waals surface area contributed by atoms with Crippen molar-refractivity contribution in [2.45, 2.75) is 19.8 Å². The normalized spacial score (nSPS) is 19.9. The van der Waals surface area contributed by atoms with Gasteiger partial charge in [0.1, 0.15) is 12.1 Å². The summed E-state index contributed by atoms with van der Waals surface area (Å²) in [5, 5.41) is 4.31. The Morgan fingerprint density at radius 3 is 3.17 bits per heavy atom. The Morgan fingerprint density at radius 2 is 2.33 bits per heavy atom. The minimum Gasteiger partial charge on any atom is -0.356 e. The second-order valence-corrected chi connectivity index (χ2v) is 5.38. The van der Waals surface area contributed by atoms with Crippen molar-refractivity contribution < 1.29 is 0 Å². The summed E-state index contributed by atoms with van der Waals surface area (Å²) < 4.78 is 1.93. The number of hydrogen-bond donors (Lipinski definition) is 0. The van der Waals surface area contributed by atoms with Crippen LogP contribution in [0.3, 0.4) is 0 Å². The van der Waals surface area contributed by atoms with Gasteiger partial charge in [-0.05, 0) is 43.4 Å². The molecule has 5 heteroatoms. The van der Waals surface area contributed by atoms with Crippen molar-refractivity contribution in [3.63, 3.8) is 0 Å². The number of aryl methyl sites for hydroxylation is 1. The van der Waals surface area contributed by atoms with Gasteiger partial charge >= 0.3 is 0 Å². The van der Waals surface area contributed by atoms with E-state index in [0.29, 0.717) is 5.92 Å². The highest BCUT2D eigenvalue weighted by atomic mass is 35.5. The SMILES string of the molecule is Cc1cc(N2CCC(CCCl)C2)n2ncnc2c1. The fourth-order valence-corrected chi connectivity index (χ4v) is 3.00. The predicted octanol–water partition coefficient (Wildman–Crippen LogP) is 2.49. The van der Waals surface area contributed by atoms with Crippen LogP contribution in [-0.2, 0) is 0 Å². The van der Waals surface area contributed by atoms with E-state index in [-0.39, 0.29) is 0 Å². The number of nitrogens with zero attached hydrogens (tertiary/aromatic N) is 4. The Bertz CT molecular complexity index is 551. The number of rotatable bonds is 3. The summed E-state index contributed by atoms with van der Waals surface area (Å²) in [5.74, 6) is 2.62. The van der Waals surface area contributed by atoms with Gasteiger partial charge in [0, 0.05) is 19.0 Å². The van der Waals surface area contributed by atoms with E-state index in [1.54, 1.807) is 6.33 Å². The predicted molar refractivity (Wildman–Crippen MR) is 73.4 cm³/mol. The summed E-state index contributed by atoms with van der Waals surface area (Å²) in [4.78, 5) is 6.67. The van der Waals surface area contributed by atoms with Crippen LogP contribution in [0.2, 0.25) is 0 Å². The quantitative estimate of drug-likeness (QED) is 0.799. The molecule has 2 aromatic rings. The fourth-order valence-electron chi connectivity index (χ4n) is 2.69. The molecule has 18 heavy (non-hydrogen) atoms. The Morgan fingerprint density at radius 1 is 1.44 bits per heavy atom. The molecule has 1 aliphatic heterocycles. The molecular weight excluding hydrogens is 248 g/mol. The van der Waals surface area contributed by atoms with E-state index in [1.807, 2.05) is 4.52 Å². The summed E-state index contributed by atoms with van der Waals surface area (Å²) in [7, 11) is 0. The average Bonchev–Trinajstić information content (AvgIpc) is 2.96. The third kappa shape index (κ3) is 2.05. The molecule has 1 fully saturated rings. The van der Waals surface area contributed by atoms with E-state index in [4.69, 9.17) is 11.6 Å². The minimum absolute atomic E-state index is 0.710. The summed E-state index contributed by atoms with van der Waals surface area (Å²) in [5.41, 5.74) is 2.15. The lowest BCUT2D eigenvalue weighted by Crippen LogP contribution is -2.22. The average molecular weight is 265 g/mol. The molecule has 0 aromatic carbocycles. The number of alkyl halides is 1. The molecule has 0 aliphatic carbocycles. The Labute approximate surface area is 112 Å². The van der Waals surface area contributed by atoms with Gasteiger partial charge in [-0.3, -0.25) is 0 Å². The van der Waals surface area contributed by atoms with Gasteiger partial charge in [-0.2, -0.15) is 9.61 Å². The van der Waals surface area contributed by atoms with E-state index < -0.39 is 0 Å². The number of pyridine rings is 1. The third-order valence-electron chi connectivity index (χ3n) is 3.63. The van der Waals surface area contributed by atoms with E-state index in [0.717, 1.165) is 36.9 Å². The number of anilines is 1. The lowest BCUT2D eigenvalue weighted by atomic mass is 10.1. The van der Waals surface area contributed by atoms with E-state index in [2.05, 4.69) is 34.0 Å².